The van der Waals surface area contributed by atoms with Crippen LogP contribution in [0.2, 0.25) is 0 Å². The second-order valence-corrected chi connectivity index (χ2v) is 7.00. The topological polar surface area (TPSA) is 75.5 Å². The van der Waals surface area contributed by atoms with Crippen molar-refractivity contribution in [1.29, 1.82) is 0 Å². The zero-order valence-corrected chi connectivity index (χ0v) is 16.4. The lowest BCUT2D eigenvalue weighted by Gasteiger charge is -2.08. The molecule has 1 aliphatic rings. The third-order valence-corrected chi connectivity index (χ3v) is 5.37. The minimum atomic E-state index is -0.0000458. The van der Waals surface area contributed by atoms with E-state index in [1.807, 2.05) is 35.8 Å². The third-order valence-electron chi connectivity index (χ3n) is 4.41. The van der Waals surface area contributed by atoms with E-state index in [1.165, 1.54) is 11.8 Å². The largest absolute Gasteiger partial charge is 0.497 e. The maximum Gasteiger partial charge on any atom is 0.231 e. The van der Waals surface area contributed by atoms with Crippen molar-refractivity contribution in [3.8, 4) is 28.6 Å². The number of fused-ring (bicyclic) bond motifs is 1. The number of ether oxygens (including phenoxy) is 3. The number of carbonyl (C=O) groups excluding carboxylic acids is 1. The summed E-state index contributed by atoms with van der Waals surface area (Å²) in [6, 6.07) is 12.9. The van der Waals surface area contributed by atoms with Crippen molar-refractivity contribution in [3.63, 3.8) is 0 Å². The predicted octanol–water partition coefficient (Wildman–Crippen LogP) is 3.68. The Kier molecular flexibility index (Phi) is 5.21. The van der Waals surface area contributed by atoms with Gasteiger partial charge in [0.1, 0.15) is 5.75 Å². The molecular formula is C20H19N3O4S. The first-order chi connectivity index (χ1) is 13.7. The number of ketones is 1. The molecule has 7 nitrogen and oxygen atoms in total. The summed E-state index contributed by atoms with van der Waals surface area (Å²) in [5.41, 5.74) is 1.54. The summed E-state index contributed by atoms with van der Waals surface area (Å²) in [7, 11) is 1.63. The van der Waals surface area contributed by atoms with Gasteiger partial charge in [0.2, 0.25) is 6.79 Å². The molecule has 4 rings (SSSR count). The van der Waals surface area contributed by atoms with E-state index >= 15 is 0 Å². The second kappa shape index (κ2) is 7.93. The number of benzene rings is 2. The fourth-order valence-corrected chi connectivity index (χ4v) is 3.81. The summed E-state index contributed by atoms with van der Waals surface area (Å²) in [5.74, 6) is 3.09. The van der Waals surface area contributed by atoms with Gasteiger partial charge in [-0.2, -0.15) is 0 Å². The number of thioether (sulfide) groups is 1. The molecule has 0 spiro atoms. The Bertz CT molecular complexity index is 1000. The molecule has 0 unspecified atom stereocenters. The van der Waals surface area contributed by atoms with Gasteiger partial charge in [-0.25, -0.2) is 0 Å². The molecule has 0 fully saturated rings. The van der Waals surface area contributed by atoms with Gasteiger partial charge in [0.05, 0.1) is 12.9 Å². The first kappa shape index (κ1) is 18.4. The highest BCUT2D eigenvalue weighted by atomic mass is 32.2. The van der Waals surface area contributed by atoms with Gasteiger partial charge in [-0.1, -0.05) is 11.8 Å². The fraction of sp³-hybridized carbons (Fsp3) is 0.250. The van der Waals surface area contributed by atoms with Crippen molar-refractivity contribution in [2.45, 2.75) is 18.6 Å². The summed E-state index contributed by atoms with van der Waals surface area (Å²) in [6.45, 7) is 2.92. The van der Waals surface area contributed by atoms with Gasteiger partial charge >= 0.3 is 0 Å². The highest BCUT2D eigenvalue weighted by Gasteiger charge is 2.18. The Morgan fingerprint density at radius 3 is 2.68 bits per heavy atom. The van der Waals surface area contributed by atoms with Crippen LogP contribution in [0.1, 0.15) is 17.3 Å². The lowest BCUT2D eigenvalue weighted by Crippen LogP contribution is -2.05. The molecule has 0 atom stereocenters. The van der Waals surface area contributed by atoms with E-state index in [0.29, 0.717) is 28.8 Å². The van der Waals surface area contributed by atoms with Gasteiger partial charge in [0, 0.05) is 17.7 Å². The van der Waals surface area contributed by atoms with Crippen LogP contribution in [0.5, 0.6) is 17.2 Å². The van der Waals surface area contributed by atoms with Crippen molar-refractivity contribution in [2.75, 3.05) is 19.7 Å². The van der Waals surface area contributed by atoms with Gasteiger partial charge in [0.15, 0.2) is 28.3 Å². The van der Waals surface area contributed by atoms with Gasteiger partial charge in [-0.3, -0.25) is 4.79 Å². The summed E-state index contributed by atoms with van der Waals surface area (Å²) in [4.78, 5) is 12.6. The van der Waals surface area contributed by atoms with E-state index in [0.717, 1.165) is 17.1 Å². The number of hydrogen-bond acceptors (Lipinski definition) is 7. The van der Waals surface area contributed by atoms with E-state index in [9.17, 15) is 4.79 Å². The Morgan fingerprint density at radius 1 is 1.14 bits per heavy atom. The van der Waals surface area contributed by atoms with E-state index in [-0.39, 0.29) is 18.3 Å². The van der Waals surface area contributed by atoms with Crippen LogP contribution in [0.3, 0.4) is 0 Å². The number of methoxy groups -OCH3 is 1. The molecule has 28 heavy (non-hydrogen) atoms. The molecule has 0 bridgehead atoms. The molecule has 0 saturated carbocycles. The van der Waals surface area contributed by atoms with Gasteiger partial charge in [0.25, 0.3) is 0 Å². The summed E-state index contributed by atoms with van der Waals surface area (Å²) >= 11 is 1.37. The van der Waals surface area contributed by atoms with Crippen molar-refractivity contribution in [1.82, 2.24) is 14.8 Å². The maximum absolute atomic E-state index is 12.6. The zero-order chi connectivity index (χ0) is 19.5. The maximum atomic E-state index is 12.6. The highest BCUT2D eigenvalue weighted by molar-refractivity contribution is 7.99. The summed E-state index contributed by atoms with van der Waals surface area (Å²) < 4.78 is 17.8. The number of Topliss-reactive ketones (excluding diaryl/α,β-unsaturated/α-hetero) is 1. The average Bonchev–Trinajstić information content (AvgIpc) is 3.37. The number of carbonyl (C=O) groups is 1. The zero-order valence-electron chi connectivity index (χ0n) is 15.5. The molecule has 0 radical (unpaired) electrons. The molecule has 2 heterocycles. The van der Waals surface area contributed by atoms with Crippen LogP contribution in [-0.2, 0) is 6.54 Å². The Hall–Kier alpha value is -3.00. The fourth-order valence-electron chi connectivity index (χ4n) is 2.92. The lowest BCUT2D eigenvalue weighted by atomic mass is 10.1. The smallest absolute Gasteiger partial charge is 0.231 e. The number of aromatic nitrogens is 3. The van der Waals surface area contributed by atoms with Gasteiger partial charge in [-0.15, -0.1) is 10.2 Å². The molecule has 1 aromatic heterocycles. The Morgan fingerprint density at radius 2 is 1.93 bits per heavy atom. The second-order valence-electron chi connectivity index (χ2n) is 6.06. The van der Waals surface area contributed by atoms with Crippen LogP contribution < -0.4 is 14.2 Å². The number of hydrogen-bond donors (Lipinski definition) is 0. The normalized spacial score (nSPS) is 12.2. The Labute approximate surface area is 166 Å². The van der Waals surface area contributed by atoms with Crippen molar-refractivity contribution >= 4 is 17.5 Å². The van der Waals surface area contributed by atoms with E-state index in [1.54, 1.807) is 25.3 Å². The average molecular weight is 397 g/mol. The predicted molar refractivity (Wildman–Crippen MR) is 105 cm³/mol. The van der Waals surface area contributed by atoms with Gasteiger partial charge < -0.3 is 18.8 Å². The minimum Gasteiger partial charge on any atom is -0.497 e. The number of nitrogens with zero attached hydrogens (tertiary/aromatic N) is 3. The standard InChI is InChI=1S/C20H19N3O4S/c1-3-23-19(13-4-7-15(25-2)8-5-13)21-22-20(23)28-11-16(24)14-6-9-17-18(10-14)27-12-26-17/h4-10H,3,11-12H2,1-2H3. The van der Waals surface area contributed by atoms with Crippen molar-refractivity contribution < 1.29 is 19.0 Å². The molecule has 144 valence electrons. The monoisotopic (exact) mass is 397 g/mol. The third kappa shape index (κ3) is 3.55. The molecular weight excluding hydrogens is 378 g/mol. The quantitative estimate of drug-likeness (QED) is 0.445. The lowest BCUT2D eigenvalue weighted by molar-refractivity contribution is 0.102. The molecule has 2 aromatic carbocycles. The van der Waals surface area contributed by atoms with Crippen molar-refractivity contribution in [2.24, 2.45) is 0 Å². The summed E-state index contributed by atoms with van der Waals surface area (Å²) in [6.07, 6.45) is 0. The van der Waals surface area contributed by atoms with E-state index in [4.69, 9.17) is 14.2 Å². The molecule has 3 aromatic rings. The van der Waals surface area contributed by atoms with Crippen molar-refractivity contribution in [3.05, 3.63) is 48.0 Å². The van der Waals surface area contributed by atoms with Crippen LogP contribution in [-0.4, -0.2) is 40.2 Å². The van der Waals surface area contributed by atoms with E-state index in [2.05, 4.69) is 10.2 Å². The molecule has 0 saturated heterocycles. The number of rotatable bonds is 7. The van der Waals surface area contributed by atoms with Crippen LogP contribution in [0.25, 0.3) is 11.4 Å². The van der Waals surface area contributed by atoms with E-state index < -0.39 is 0 Å². The van der Waals surface area contributed by atoms with Crippen LogP contribution in [0.4, 0.5) is 0 Å². The molecule has 0 aliphatic carbocycles. The summed E-state index contributed by atoms with van der Waals surface area (Å²) in [5, 5.41) is 9.30. The molecule has 0 N–H and O–H groups in total. The SMILES string of the molecule is CCn1c(SCC(=O)c2ccc3c(c2)OCO3)nnc1-c1ccc(OC)cc1. The van der Waals surface area contributed by atoms with Crippen LogP contribution >= 0.6 is 11.8 Å². The van der Waals surface area contributed by atoms with Crippen LogP contribution in [0.15, 0.2) is 47.6 Å². The highest BCUT2D eigenvalue weighted by Crippen LogP contribution is 2.33. The molecule has 0 amide bonds. The first-order valence-corrected chi connectivity index (χ1v) is 9.81. The molecule has 8 heteroatoms. The first-order valence-electron chi connectivity index (χ1n) is 8.83. The minimum absolute atomic E-state index is 0.0000458. The molecule has 1 aliphatic heterocycles. The van der Waals surface area contributed by atoms with Gasteiger partial charge in [-0.05, 0) is 49.4 Å². The van der Waals surface area contributed by atoms with Crippen LogP contribution in [0, 0.1) is 0 Å². The Balaban J connectivity index is 1.49.